The van der Waals surface area contributed by atoms with Crippen molar-refractivity contribution < 1.29 is 29.0 Å². The van der Waals surface area contributed by atoms with Crippen molar-refractivity contribution in [3.63, 3.8) is 0 Å². The largest absolute Gasteiger partial charge is 0.497 e. The second kappa shape index (κ2) is 13.3. The number of aliphatic hydroxyl groups excluding tert-OH is 1. The standard InChI is InChI=1S/C32H35N5O6S/c1-19-16-37(20(2)18-38)31(40)23-8-7-10-25(34-29(39)30-35-24-9-5-6-11-27(24)44-30)28(23)43-26(19)17-36(3)32(41)33-21-12-14-22(42-4)15-13-21/h5-15,19-20,26,38H,16-18H2,1-4H3,(H,33,41)(H,34,39)/t19-,20+,26+/m0/s1. The SMILES string of the molecule is COc1ccc(NC(=O)N(C)C[C@H]2Oc3c(NC(=O)c4nc5ccccc5s4)cccc3C(=O)N([C@H](C)CO)C[C@@H]2C)cc1. The molecular weight excluding hydrogens is 582 g/mol. The number of nitrogens with one attached hydrogen (secondary N) is 2. The van der Waals surface area contributed by atoms with Crippen molar-refractivity contribution in [2.24, 2.45) is 5.92 Å². The number of hydrogen-bond donors (Lipinski definition) is 3. The molecule has 5 rings (SSSR count). The Bertz CT molecular complexity index is 1630. The second-order valence-corrected chi connectivity index (χ2v) is 11.8. The zero-order valence-electron chi connectivity index (χ0n) is 24.9. The summed E-state index contributed by atoms with van der Waals surface area (Å²) >= 11 is 1.27. The van der Waals surface area contributed by atoms with Gasteiger partial charge in [0.1, 0.15) is 11.9 Å². The number of carbonyl (C=O) groups excluding carboxylic acids is 3. The van der Waals surface area contributed by atoms with Gasteiger partial charge in [-0.25, -0.2) is 9.78 Å². The number of carbonyl (C=O) groups is 3. The van der Waals surface area contributed by atoms with Crippen LogP contribution in [0.2, 0.25) is 0 Å². The second-order valence-electron chi connectivity index (χ2n) is 10.8. The van der Waals surface area contributed by atoms with Gasteiger partial charge in [0.2, 0.25) is 0 Å². The molecule has 4 amide bonds. The Balaban J connectivity index is 1.43. The number of ether oxygens (including phenoxy) is 2. The van der Waals surface area contributed by atoms with Gasteiger partial charge in [-0.05, 0) is 55.5 Å². The molecule has 1 aliphatic heterocycles. The normalized spacial score (nSPS) is 17.1. The van der Waals surface area contributed by atoms with E-state index in [1.165, 1.54) is 16.2 Å². The molecule has 3 atom stereocenters. The molecule has 0 radical (unpaired) electrons. The van der Waals surface area contributed by atoms with Crippen LogP contribution < -0.4 is 20.1 Å². The Morgan fingerprint density at radius 1 is 1.14 bits per heavy atom. The maximum absolute atomic E-state index is 13.8. The van der Waals surface area contributed by atoms with Crippen LogP contribution >= 0.6 is 11.3 Å². The number of methoxy groups -OCH3 is 1. The van der Waals surface area contributed by atoms with E-state index in [1.54, 1.807) is 68.4 Å². The molecule has 1 aliphatic rings. The van der Waals surface area contributed by atoms with Gasteiger partial charge in [0.25, 0.3) is 11.8 Å². The summed E-state index contributed by atoms with van der Waals surface area (Å²) in [5, 5.41) is 16.0. The summed E-state index contributed by atoms with van der Waals surface area (Å²) in [5.41, 5.74) is 1.87. The molecule has 0 spiro atoms. The average Bonchev–Trinajstić information content (AvgIpc) is 3.47. The topological polar surface area (TPSA) is 133 Å². The van der Waals surface area contributed by atoms with E-state index in [1.807, 2.05) is 31.2 Å². The number of thiazole rings is 1. The minimum Gasteiger partial charge on any atom is -0.497 e. The number of aliphatic hydroxyl groups is 1. The smallest absolute Gasteiger partial charge is 0.321 e. The first-order chi connectivity index (χ1) is 21.2. The Hall–Kier alpha value is -4.68. The number of fused-ring (bicyclic) bond motifs is 2. The van der Waals surface area contributed by atoms with Crippen LogP contribution in [0.15, 0.2) is 66.7 Å². The summed E-state index contributed by atoms with van der Waals surface area (Å²) < 4.78 is 12.6. The molecule has 4 aromatic rings. The highest BCUT2D eigenvalue weighted by Gasteiger charge is 2.35. The number of hydrogen-bond acceptors (Lipinski definition) is 8. The van der Waals surface area contributed by atoms with Crippen molar-refractivity contribution in [3.05, 3.63) is 77.3 Å². The molecule has 0 saturated heterocycles. The van der Waals surface area contributed by atoms with Crippen molar-refractivity contribution in [1.82, 2.24) is 14.8 Å². The minimum atomic E-state index is -0.567. The van der Waals surface area contributed by atoms with Gasteiger partial charge in [-0.1, -0.05) is 25.1 Å². The molecule has 0 fully saturated rings. The summed E-state index contributed by atoms with van der Waals surface area (Å²) in [5.74, 6) is -0.130. The van der Waals surface area contributed by atoms with Gasteiger partial charge in [0, 0.05) is 25.2 Å². The Labute approximate surface area is 259 Å². The Morgan fingerprint density at radius 3 is 2.59 bits per heavy atom. The number of urea groups is 1. The molecule has 11 nitrogen and oxygen atoms in total. The monoisotopic (exact) mass is 617 g/mol. The summed E-state index contributed by atoms with van der Waals surface area (Å²) in [7, 11) is 3.23. The number of amides is 4. The lowest BCUT2D eigenvalue weighted by atomic mass is 9.99. The summed E-state index contributed by atoms with van der Waals surface area (Å²) in [6.45, 7) is 3.95. The number of nitrogens with zero attached hydrogens (tertiary/aromatic N) is 3. The molecule has 0 aliphatic carbocycles. The van der Waals surface area contributed by atoms with E-state index in [9.17, 15) is 19.5 Å². The highest BCUT2D eigenvalue weighted by atomic mass is 32.1. The molecule has 1 aromatic heterocycles. The van der Waals surface area contributed by atoms with E-state index in [-0.39, 0.29) is 47.3 Å². The van der Waals surface area contributed by atoms with Crippen LogP contribution in [0.25, 0.3) is 10.2 Å². The van der Waals surface area contributed by atoms with Gasteiger partial charge in [0.15, 0.2) is 10.8 Å². The first-order valence-electron chi connectivity index (χ1n) is 14.2. The third-order valence-corrected chi connectivity index (χ3v) is 8.60. The quantitative estimate of drug-likeness (QED) is 0.255. The van der Waals surface area contributed by atoms with Crippen LogP contribution in [0.4, 0.5) is 16.2 Å². The lowest BCUT2D eigenvalue weighted by molar-refractivity contribution is 0.0372. The maximum Gasteiger partial charge on any atom is 0.321 e. The summed E-state index contributed by atoms with van der Waals surface area (Å²) in [6, 6.07) is 18.6. The molecular formula is C32H35N5O6S. The molecule has 3 aromatic carbocycles. The molecule has 44 heavy (non-hydrogen) atoms. The third kappa shape index (κ3) is 6.61. The van der Waals surface area contributed by atoms with Crippen LogP contribution in [0, 0.1) is 5.92 Å². The zero-order valence-corrected chi connectivity index (χ0v) is 25.8. The van der Waals surface area contributed by atoms with Crippen LogP contribution in [-0.2, 0) is 0 Å². The number of aromatic nitrogens is 1. The fourth-order valence-electron chi connectivity index (χ4n) is 4.95. The molecule has 2 heterocycles. The van der Waals surface area contributed by atoms with Crippen LogP contribution in [0.1, 0.15) is 34.0 Å². The van der Waals surface area contributed by atoms with Crippen molar-refractivity contribution >= 4 is 50.8 Å². The van der Waals surface area contributed by atoms with E-state index < -0.39 is 18.1 Å². The fourth-order valence-corrected chi connectivity index (χ4v) is 5.81. The fraction of sp³-hybridized carbons (Fsp3) is 0.312. The first kappa shape index (κ1) is 30.8. The summed E-state index contributed by atoms with van der Waals surface area (Å²) in [6.07, 6.45) is -0.567. The van der Waals surface area contributed by atoms with Gasteiger partial charge in [0.05, 0.1) is 47.8 Å². The molecule has 0 bridgehead atoms. The minimum absolute atomic E-state index is 0.179. The van der Waals surface area contributed by atoms with Gasteiger partial charge >= 0.3 is 6.03 Å². The van der Waals surface area contributed by atoms with E-state index in [4.69, 9.17) is 9.47 Å². The van der Waals surface area contributed by atoms with Crippen LogP contribution in [0.3, 0.4) is 0 Å². The van der Waals surface area contributed by atoms with Crippen molar-refractivity contribution in [2.45, 2.75) is 26.0 Å². The van der Waals surface area contributed by atoms with Gasteiger partial charge in [-0.2, -0.15) is 0 Å². The third-order valence-electron chi connectivity index (χ3n) is 7.57. The maximum atomic E-state index is 13.8. The van der Waals surface area contributed by atoms with Crippen molar-refractivity contribution in [3.8, 4) is 11.5 Å². The van der Waals surface area contributed by atoms with Gasteiger partial charge in [-0.3, -0.25) is 9.59 Å². The molecule has 0 unspecified atom stereocenters. The molecule has 230 valence electrons. The van der Waals surface area contributed by atoms with E-state index in [2.05, 4.69) is 15.6 Å². The molecule has 12 heteroatoms. The van der Waals surface area contributed by atoms with E-state index in [0.29, 0.717) is 23.7 Å². The van der Waals surface area contributed by atoms with Crippen LogP contribution in [-0.4, -0.2) is 83.7 Å². The van der Waals surface area contributed by atoms with Crippen molar-refractivity contribution in [1.29, 1.82) is 0 Å². The predicted molar refractivity (Wildman–Crippen MR) is 170 cm³/mol. The first-order valence-corrected chi connectivity index (χ1v) is 15.0. The Morgan fingerprint density at radius 2 is 1.89 bits per heavy atom. The van der Waals surface area contributed by atoms with E-state index in [0.717, 1.165) is 10.2 Å². The number of benzene rings is 3. The highest BCUT2D eigenvalue weighted by molar-refractivity contribution is 7.20. The lowest BCUT2D eigenvalue weighted by Gasteiger charge is -2.38. The number of rotatable bonds is 8. The van der Waals surface area contributed by atoms with Gasteiger partial charge < -0.3 is 35.0 Å². The predicted octanol–water partition coefficient (Wildman–Crippen LogP) is 4.94. The van der Waals surface area contributed by atoms with Crippen LogP contribution in [0.5, 0.6) is 11.5 Å². The Kier molecular flexibility index (Phi) is 9.31. The average molecular weight is 618 g/mol. The van der Waals surface area contributed by atoms with E-state index >= 15 is 0 Å². The van der Waals surface area contributed by atoms with Crippen molar-refractivity contribution in [2.75, 3.05) is 44.5 Å². The number of anilines is 2. The number of para-hydroxylation sites is 2. The molecule has 0 saturated carbocycles. The number of likely N-dealkylation sites (N-methyl/N-ethyl adjacent to an activating group) is 1. The molecule has 3 N–H and O–H groups in total. The highest BCUT2D eigenvalue weighted by Crippen LogP contribution is 2.35. The zero-order chi connectivity index (χ0) is 31.4. The van der Waals surface area contributed by atoms with Gasteiger partial charge in [-0.15, -0.1) is 11.3 Å². The lowest BCUT2D eigenvalue weighted by Crippen LogP contribution is -2.50. The summed E-state index contributed by atoms with van der Waals surface area (Å²) in [4.78, 5) is 47.8.